The van der Waals surface area contributed by atoms with E-state index in [0.29, 0.717) is 0 Å². The van der Waals surface area contributed by atoms with Crippen molar-refractivity contribution in [2.45, 2.75) is 6.42 Å². The van der Waals surface area contributed by atoms with Crippen molar-refractivity contribution in [1.82, 2.24) is 9.97 Å². The maximum atomic E-state index is 5.44. The molecule has 3 aromatic rings. The smallest absolute Gasteiger partial charge is 0.228 e. The van der Waals surface area contributed by atoms with Crippen LogP contribution in [0.2, 0.25) is 0 Å². The van der Waals surface area contributed by atoms with Crippen LogP contribution in [0.3, 0.4) is 0 Å². The normalized spacial score (nSPS) is 14.1. The van der Waals surface area contributed by atoms with Crippen molar-refractivity contribution in [3.8, 4) is 0 Å². The average molecular weight is 371 g/mol. The number of hydrogen-bond donors (Lipinski definition) is 1. The molecule has 26 heavy (non-hydrogen) atoms. The van der Waals surface area contributed by atoms with Crippen molar-refractivity contribution in [3.05, 3.63) is 60.2 Å². The number of fused-ring (bicyclic) bond motifs is 1. The van der Waals surface area contributed by atoms with Crippen LogP contribution in [0.1, 0.15) is 5.56 Å². The van der Waals surface area contributed by atoms with Crippen LogP contribution in [0.15, 0.2) is 54.6 Å². The quantitative estimate of drug-likeness (QED) is 0.744. The lowest BCUT2D eigenvalue weighted by Gasteiger charge is -2.27. The molecule has 136 valence electrons. The first-order valence-corrected chi connectivity index (χ1v) is 8.77. The molecule has 2 aromatic carbocycles. The van der Waals surface area contributed by atoms with Crippen LogP contribution in [0.5, 0.6) is 0 Å². The number of morpholine rings is 1. The summed E-state index contributed by atoms with van der Waals surface area (Å²) in [4.78, 5) is 11.7. The number of ether oxygens (including phenoxy) is 1. The van der Waals surface area contributed by atoms with Crippen LogP contribution in [-0.2, 0) is 11.2 Å². The lowest BCUT2D eigenvalue weighted by Crippen LogP contribution is -2.37. The molecule has 4 rings (SSSR count). The van der Waals surface area contributed by atoms with E-state index in [-0.39, 0.29) is 12.4 Å². The Hall–Kier alpha value is -2.37. The van der Waals surface area contributed by atoms with Crippen LogP contribution in [-0.4, -0.2) is 42.8 Å². The predicted molar refractivity (Wildman–Crippen MR) is 108 cm³/mol. The fourth-order valence-corrected chi connectivity index (χ4v) is 3.07. The van der Waals surface area contributed by atoms with E-state index >= 15 is 0 Å². The van der Waals surface area contributed by atoms with E-state index in [1.54, 1.807) is 0 Å². The molecule has 0 radical (unpaired) electrons. The van der Waals surface area contributed by atoms with Crippen LogP contribution < -0.4 is 10.2 Å². The first-order chi connectivity index (χ1) is 12.4. The van der Waals surface area contributed by atoms with Gasteiger partial charge in [-0.3, -0.25) is 0 Å². The van der Waals surface area contributed by atoms with Gasteiger partial charge in [0.05, 0.1) is 18.7 Å². The minimum Gasteiger partial charge on any atom is -0.378 e. The van der Waals surface area contributed by atoms with Gasteiger partial charge >= 0.3 is 0 Å². The summed E-state index contributed by atoms with van der Waals surface area (Å²) in [6.45, 7) is 3.97. The zero-order valence-corrected chi connectivity index (χ0v) is 15.4. The van der Waals surface area contributed by atoms with Gasteiger partial charge in [0.15, 0.2) is 0 Å². The summed E-state index contributed by atoms with van der Waals surface area (Å²) in [6.07, 6.45) is 0.964. The summed E-state index contributed by atoms with van der Waals surface area (Å²) < 4.78 is 5.44. The van der Waals surface area contributed by atoms with Crippen LogP contribution in [0, 0.1) is 0 Å². The number of nitrogens with zero attached hydrogens (tertiary/aromatic N) is 3. The SMILES string of the molecule is Cl.c1ccc(CCNc2nc(N3CCOCC3)nc3ccccc23)cc1. The molecule has 1 aliphatic rings. The number of aromatic nitrogens is 2. The molecule has 1 saturated heterocycles. The Balaban J connectivity index is 0.00000196. The molecule has 0 spiro atoms. The molecule has 1 fully saturated rings. The van der Waals surface area contributed by atoms with E-state index < -0.39 is 0 Å². The number of nitrogens with one attached hydrogen (secondary N) is 1. The van der Waals surface area contributed by atoms with Gasteiger partial charge in [-0.15, -0.1) is 12.4 Å². The van der Waals surface area contributed by atoms with Crippen molar-refractivity contribution in [2.75, 3.05) is 43.1 Å². The molecule has 0 atom stereocenters. The summed E-state index contributed by atoms with van der Waals surface area (Å²) in [5.74, 6) is 1.69. The van der Waals surface area contributed by atoms with Gasteiger partial charge in [-0.1, -0.05) is 42.5 Å². The summed E-state index contributed by atoms with van der Waals surface area (Å²) in [5, 5.41) is 4.57. The van der Waals surface area contributed by atoms with Gasteiger partial charge < -0.3 is 15.0 Å². The van der Waals surface area contributed by atoms with Crippen molar-refractivity contribution in [3.63, 3.8) is 0 Å². The molecule has 1 aliphatic heterocycles. The highest BCUT2D eigenvalue weighted by atomic mass is 35.5. The van der Waals surface area contributed by atoms with Crippen LogP contribution >= 0.6 is 12.4 Å². The van der Waals surface area contributed by atoms with Gasteiger partial charge in [0, 0.05) is 25.0 Å². The van der Waals surface area contributed by atoms with E-state index in [4.69, 9.17) is 14.7 Å². The largest absolute Gasteiger partial charge is 0.378 e. The highest BCUT2D eigenvalue weighted by Gasteiger charge is 2.16. The average Bonchev–Trinajstić information content (AvgIpc) is 2.69. The van der Waals surface area contributed by atoms with Gasteiger partial charge in [0.25, 0.3) is 0 Å². The number of benzene rings is 2. The Labute approximate surface area is 159 Å². The topological polar surface area (TPSA) is 50.3 Å². The third kappa shape index (κ3) is 4.23. The number of para-hydroxylation sites is 1. The summed E-state index contributed by atoms with van der Waals surface area (Å²) >= 11 is 0. The molecule has 0 aliphatic carbocycles. The molecular formula is C20H23ClN4O. The fourth-order valence-electron chi connectivity index (χ4n) is 3.07. The molecule has 1 N–H and O–H groups in total. The Morgan fingerprint density at radius 3 is 2.46 bits per heavy atom. The number of halogens is 1. The number of hydrogen-bond acceptors (Lipinski definition) is 5. The first-order valence-electron chi connectivity index (χ1n) is 8.77. The zero-order chi connectivity index (χ0) is 16.9. The van der Waals surface area contributed by atoms with Crippen molar-refractivity contribution in [2.24, 2.45) is 0 Å². The molecule has 0 amide bonds. The first kappa shape index (κ1) is 18.4. The minimum atomic E-state index is 0. The lowest BCUT2D eigenvalue weighted by molar-refractivity contribution is 0.122. The van der Waals surface area contributed by atoms with Gasteiger partial charge in [-0.05, 0) is 24.1 Å². The molecule has 2 heterocycles. The van der Waals surface area contributed by atoms with E-state index in [9.17, 15) is 0 Å². The molecule has 1 aromatic heterocycles. The third-order valence-electron chi connectivity index (χ3n) is 4.43. The van der Waals surface area contributed by atoms with Crippen molar-refractivity contribution in [1.29, 1.82) is 0 Å². The highest BCUT2D eigenvalue weighted by Crippen LogP contribution is 2.24. The Kier molecular flexibility index (Phi) is 6.26. The van der Waals surface area contributed by atoms with Crippen molar-refractivity contribution < 1.29 is 4.74 Å². The zero-order valence-electron chi connectivity index (χ0n) is 14.6. The number of rotatable bonds is 5. The minimum absolute atomic E-state index is 0. The van der Waals surface area contributed by atoms with E-state index in [2.05, 4.69) is 40.5 Å². The molecule has 0 bridgehead atoms. The second-order valence-corrected chi connectivity index (χ2v) is 6.15. The van der Waals surface area contributed by atoms with Gasteiger partial charge in [-0.2, -0.15) is 4.98 Å². The van der Waals surface area contributed by atoms with Gasteiger partial charge in [-0.25, -0.2) is 4.98 Å². The number of anilines is 2. The Morgan fingerprint density at radius 2 is 1.65 bits per heavy atom. The molecule has 0 saturated carbocycles. The van der Waals surface area contributed by atoms with E-state index in [1.807, 2.05) is 24.3 Å². The molecule has 6 heteroatoms. The highest BCUT2D eigenvalue weighted by molar-refractivity contribution is 5.90. The summed E-state index contributed by atoms with van der Waals surface area (Å²) in [5.41, 5.74) is 2.29. The second-order valence-electron chi connectivity index (χ2n) is 6.15. The predicted octanol–water partition coefficient (Wildman–Crippen LogP) is 3.54. The fraction of sp³-hybridized carbons (Fsp3) is 0.300. The Bertz CT molecular complexity index is 838. The lowest BCUT2D eigenvalue weighted by atomic mass is 10.1. The monoisotopic (exact) mass is 370 g/mol. The summed E-state index contributed by atoms with van der Waals surface area (Å²) in [6, 6.07) is 18.7. The second kappa shape index (κ2) is 8.83. The van der Waals surface area contributed by atoms with E-state index in [0.717, 1.165) is 61.9 Å². The third-order valence-corrected chi connectivity index (χ3v) is 4.43. The maximum Gasteiger partial charge on any atom is 0.228 e. The molecule has 0 unspecified atom stereocenters. The standard InChI is InChI=1S/C20H22N4O.ClH/c1-2-6-16(7-3-1)10-11-21-19-17-8-4-5-9-18(17)22-20(23-19)24-12-14-25-15-13-24;/h1-9H,10-15H2,(H,21,22,23);1H. The summed E-state index contributed by atoms with van der Waals surface area (Å²) in [7, 11) is 0. The van der Waals surface area contributed by atoms with E-state index in [1.165, 1.54) is 5.56 Å². The molecular weight excluding hydrogens is 348 g/mol. The maximum absolute atomic E-state index is 5.44. The van der Waals surface area contributed by atoms with Crippen LogP contribution in [0.4, 0.5) is 11.8 Å². The van der Waals surface area contributed by atoms with Gasteiger partial charge in [0.1, 0.15) is 5.82 Å². The Morgan fingerprint density at radius 1 is 0.923 bits per heavy atom. The van der Waals surface area contributed by atoms with Crippen molar-refractivity contribution >= 4 is 35.1 Å². The molecule has 5 nitrogen and oxygen atoms in total. The van der Waals surface area contributed by atoms with Crippen LogP contribution in [0.25, 0.3) is 10.9 Å². The van der Waals surface area contributed by atoms with Gasteiger partial charge in [0.2, 0.25) is 5.95 Å².